The number of benzene rings is 5. The largest absolute Gasteiger partial charge is 0.322 e. The van der Waals surface area contributed by atoms with Crippen LogP contribution >= 0.6 is 0 Å². The predicted octanol–water partition coefficient (Wildman–Crippen LogP) is 9.10. The lowest BCUT2D eigenvalue weighted by atomic mass is 9.99. The molecule has 0 atom stereocenters. The number of rotatable bonds is 5. The predicted molar refractivity (Wildman–Crippen MR) is 167 cm³/mol. The van der Waals surface area contributed by atoms with Crippen molar-refractivity contribution in [3.05, 3.63) is 160 Å². The lowest BCUT2D eigenvalue weighted by Crippen LogP contribution is -2.12. The Morgan fingerprint density at radius 3 is 1.80 bits per heavy atom. The highest BCUT2D eigenvalue weighted by molar-refractivity contribution is 6.18. The molecule has 0 saturated heterocycles. The van der Waals surface area contributed by atoms with Crippen LogP contribution in [0.5, 0.6) is 0 Å². The van der Waals surface area contributed by atoms with Crippen LogP contribution in [0.15, 0.2) is 126 Å². The molecular weight excluding hydrogens is 488 g/mol. The minimum Gasteiger partial charge on any atom is -0.322 e. The third-order valence-corrected chi connectivity index (χ3v) is 7.22. The number of hydrogen-bond acceptors (Lipinski definition) is 2. The molecule has 0 aromatic heterocycles. The van der Waals surface area contributed by atoms with Gasteiger partial charge in [-0.05, 0) is 90.1 Å². The molecule has 5 aromatic carbocycles. The average Bonchev–Trinajstić information content (AvgIpc) is 3.26. The molecule has 5 aromatic rings. The van der Waals surface area contributed by atoms with Gasteiger partial charge in [0.1, 0.15) is 0 Å². The molecule has 0 spiro atoms. The maximum absolute atomic E-state index is 13.5. The van der Waals surface area contributed by atoms with Crippen LogP contribution in [0.4, 0.5) is 11.4 Å². The molecule has 0 aliphatic heterocycles. The summed E-state index contributed by atoms with van der Waals surface area (Å²) in [5.74, 6) is -0.184. The van der Waals surface area contributed by atoms with Crippen molar-refractivity contribution in [3.8, 4) is 11.1 Å². The first-order valence-corrected chi connectivity index (χ1v) is 13.5. The second-order valence-electron chi connectivity index (χ2n) is 10.4. The fourth-order valence-corrected chi connectivity index (χ4v) is 5.39. The summed E-state index contributed by atoms with van der Waals surface area (Å²) in [5, 5.41) is 3.08. The van der Waals surface area contributed by atoms with E-state index in [1.807, 2.05) is 50.2 Å². The minimum absolute atomic E-state index is 0.184. The number of aliphatic imine (C=N–C) groups is 1. The van der Waals surface area contributed by atoms with Gasteiger partial charge in [0.15, 0.2) is 0 Å². The van der Waals surface area contributed by atoms with E-state index in [0.29, 0.717) is 11.3 Å². The molecule has 0 radical (unpaired) electrons. The van der Waals surface area contributed by atoms with Gasteiger partial charge in [-0.15, -0.1) is 0 Å². The Labute approximate surface area is 235 Å². The number of nitrogens with zero attached hydrogens (tertiary/aromatic N) is 1. The summed E-state index contributed by atoms with van der Waals surface area (Å²) in [6, 6.07) is 39.0. The molecule has 6 rings (SSSR count). The number of allylic oxidation sites excluding steroid dienone is 1. The number of amides is 1. The smallest absolute Gasteiger partial charge is 0.257 e. The van der Waals surface area contributed by atoms with Crippen LogP contribution in [-0.2, 0) is 0 Å². The van der Waals surface area contributed by atoms with Crippen molar-refractivity contribution in [2.75, 3.05) is 5.32 Å². The second-order valence-corrected chi connectivity index (χ2v) is 10.4. The van der Waals surface area contributed by atoms with Crippen molar-refractivity contribution in [1.29, 1.82) is 0 Å². The zero-order valence-corrected chi connectivity index (χ0v) is 22.9. The number of anilines is 1. The number of para-hydroxylation sites is 1. The topological polar surface area (TPSA) is 41.5 Å². The van der Waals surface area contributed by atoms with E-state index in [0.717, 1.165) is 33.7 Å². The molecule has 0 fully saturated rings. The zero-order chi connectivity index (χ0) is 27.6. The van der Waals surface area contributed by atoms with Gasteiger partial charge in [0.05, 0.1) is 17.0 Å². The first-order chi connectivity index (χ1) is 19.5. The van der Waals surface area contributed by atoms with Gasteiger partial charge in [-0.3, -0.25) is 4.79 Å². The van der Waals surface area contributed by atoms with E-state index in [-0.39, 0.29) is 5.91 Å². The Bertz CT molecular complexity index is 1740. The minimum atomic E-state index is -0.184. The van der Waals surface area contributed by atoms with E-state index < -0.39 is 0 Å². The van der Waals surface area contributed by atoms with E-state index >= 15 is 0 Å². The van der Waals surface area contributed by atoms with Gasteiger partial charge < -0.3 is 5.32 Å². The van der Waals surface area contributed by atoms with Crippen LogP contribution in [0.3, 0.4) is 0 Å². The monoisotopic (exact) mass is 518 g/mol. The Kier molecular flexibility index (Phi) is 6.71. The van der Waals surface area contributed by atoms with Crippen molar-refractivity contribution in [1.82, 2.24) is 0 Å². The molecule has 0 heterocycles. The molecule has 1 N–H and O–H groups in total. The second kappa shape index (κ2) is 10.6. The number of hydrogen-bond donors (Lipinski definition) is 1. The van der Waals surface area contributed by atoms with Crippen LogP contribution < -0.4 is 5.32 Å². The Balaban J connectivity index is 1.48. The highest BCUT2D eigenvalue weighted by atomic mass is 16.1. The molecule has 194 valence electrons. The summed E-state index contributed by atoms with van der Waals surface area (Å²) in [7, 11) is 0. The van der Waals surface area contributed by atoms with E-state index in [2.05, 4.69) is 97.2 Å². The summed E-state index contributed by atoms with van der Waals surface area (Å²) in [6.07, 6.45) is 2.16. The first kappa shape index (κ1) is 25.3. The van der Waals surface area contributed by atoms with E-state index in [9.17, 15) is 4.79 Å². The quantitative estimate of drug-likeness (QED) is 0.227. The van der Waals surface area contributed by atoms with Crippen LogP contribution in [0, 0.1) is 20.8 Å². The van der Waals surface area contributed by atoms with E-state index in [1.165, 1.54) is 27.8 Å². The summed E-state index contributed by atoms with van der Waals surface area (Å²) >= 11 is 0. The van der Waals surface area contributed by atoms with Crippen LogP contribution in [-0.4, -0.2) is 11.6 Å². The van der Waals surface area contributed by atoms with Gasteiger partial charge >= 0.3 is 0 Å². The summed E-state index contributed by atoms with van der Waals surface area (Å²) in [4.78, 5) is 18.6. The number of carbonyl (C=O) groups is 1. The molecule has 0 saturated carbocycles. The Morgan fingerprint density at radius 1 is 0.625 bits per heavy atom. The van der Waals surface area contributed by atoms with E-state index in [4.69, 9.17) is 4.99 Å². The van der Waals surface area contributed by atoms with E-state index in [1.54, 1.807) is 0 Å². The molecule has 1 aliphatic carbocycles. The maximum Gasteiger partial charge on any atom is 0.257 e. The van der Waals surface area contributed by atoms with Gasteiger partial charge in [0.25, 0.3) is 5.91 Å². The van der Waals surface area contributed by atoms with Gasteiger partial charge in [-0.25, -0.2) is 4.99 Å². The number of carbonyl (C=O) groups excluding carboxylic acids is 1. The number of nitrogens with one attached hydrogen (secondary N) is 1. The third kappa shape index (κ3) is 5.02. The van der Waals surface area contributed by atoms with Crippen molar-refractivity contribution in [3.63, 3.8) is 0 Å². The summed E-state index contributed by atoms with van der Waals surface area (Å²) in [5.41, 5.74) is 13.0. The van der Waals surface area contributed by atoms with Gasteiger partial charge in [-0.1, -0.05) is 96.6 Å². The summed E-state index contributed by atoms with van der Waals surface area (Å²) < 4.78 is 0. The van der Waals surface area contributed by atoms with Crippen molar-refractivity contribution >= 4 is 28.6 Å². The van der Waals surface area contributed by atoms with Crippen molar-refractivity contribution in [2.45, 2.75) is 20.8 Å². The lowest BCUT2D eigenvalue weighted by molar-refractivity contribution is 0.102. The lowest BCUT2D eigenvalue weighted by Gasteiger charge is -2.11. The fraction of sp³-hybridized carbons (Fsp3) is 0.0811. The van der Waals surface area contributed by atoms with Gasteiger partial charge in [-0.2, -0.15) is 0 Å². The molecule has 0 bridgehead atoms. The maximum atomic E-state index is 13.5. The normalized spacial score (nSPS) is 12.1. The Hall–Kier alpha value is -5.02. The van der Waals surface area contributed by atoms with Crippen LogP contribution in [0.1, 0.15) is 43.7 Å². The molecule has 40 heavy (non-hydrogen) atoms. The third-order valence-electron chi connectivity index (χ3n) is 7.22. The zero-order valence-electron chi connectivity index (χ0n) is 22.9. The van der Waals surface area contributed by atoms with Crippen molar-refractivity contribution in [2.24, 2.45) is 4.99 Å². The molecule has 1 aliphatic rings. The highest BCUT2D eigenvalue weighted by Crippen LogP contribution is 2.44. The molecule has 1 amide bonds. The van der Waals surface area contributed by atoms with Crippen LogP contribution in [0.2, 0.25) is 0 Å². The van der Waals surface area contributed by atoms with Crippen molar-refractivity contribution < 1.29 is 4.79 Å². The van der Waals surface area contributed by atoms with Crippen LogP contribution in [0.25, 0.3) is 16.7 Å². The average molecular weight is 519 g/mol. The highest BCUT2D eigenvalue weighted by Gasteiger charge is 2.23. The fourth-order valence-electron chi connectivity index (χ4n) is 5.39. The Morgan fingerprint density at radius 2 is 1.18 bits per heavy atom. The SMILES string of the molecule is Cc1ccc(C(C=C2c3ccccc3-c3ccccc32)=Nc2ccccc2C(=O)Nc2cc(C)cc(C)c2)cc1. The standard InChI is InChI=1S/C37H30N2O/c1-24-16-18-27(19-17-24)36(23-34-31-12-6-4-10-29(31)30-11-5-7-13-32(30)34)39-35-15-9-8-14-33(35)37(40)38-28-21-25(2)20-26(3)22-28/h4-23H,1-3H3,(H,38,40). The molecule has 3 nitrogen and oxygen atoms in total. The molecule has 3 heteroatoms. The first-order valence-electron chi connectivity index (χ1n) is 13.5. The van der Waals surface area contributed by atoms with Gasteiger partial charge in [0.2, 0.25) is 0 Å². The number of aryl methyl sites for hydroxylation is 3. The summed E-state index contributed by atoms with van der Waals surface area (Å²) in [6.45, 7) is 6.14. The number of fused-ring (bicyclic) bond motifs is 3. The molecule has 0 unspecified atom stereocenters. The molecular formula is C37H30N2O. The van der Waals surface area contributed by atoms with Gasteiger partial charge in [0, 0.05) is 11.3 Å².